The first-order chi connectivity index (χ1) is 13.2. The molecule has 1 heterocycles. The van der Waals surface area contributed by atoms with E-state index in [-0.39, 0.29) is 10.8 Å². The van der Waals surface area contributed by atoms with E-state index in [4.69, 9.17) is 4.42 Å². The van der Waals surface area contributed by atoms with Crippen LogP contribution in [0.5, 0.6) is 0 Å². The molecule has 0 atom stereocenters. The molecule has 7 heteroatoms. The van der Waals surface area contributed by atoms with Gasteiger partial charge in [0.05, 0.1) is 10.5 Å². The van der Waals surface area contributed by atoms with E-state index in [0.29, 0.717) is 28.5 Å². The van der Waals surface area contributed by atoms with Crippen LogP contribution in [-0.2, 0) is 10.0 Å². The van der Waals surface area contributed by atoms with E-state index in [2.05, 4.69) is 10.0 Å². The first-order valence-corrected chi connectivity index (χ1v) is 10.2. The summed E-state index contributed by atoms with van der Waals surface area (Å²) in [5, 5.41) is 2.81. The van der Waals surface area contributed by atoms with Gasteiger partial charge in [-0.1, -0.05) is 17.7 Å². The summed E-state index contributed by atoms with van der Waals surface area (Å²) < 4.78 is 32.9. The molecule has 0 aliphatic heterocycles. The largest absolute Gasteiger partial charge is 0.466 e. The van der Waals surface area contributed by atoms with Crippen LogP contribution in [0.25, 0.3) is 0 Å². The van der Waals surface area contributed by atoms with Gasteiger partial charge in [0.2, 0.25) is 0 Å². The van der Waals surface area contributed by atoms with Gasteiger partial charge in [-0.05, 0) is 64.1 Å². The van der Waals surface area contributed by atoms with Crippen molar-refractivity contribution < 1.29 is 17.6 Å². The lowest BCUT2D eigenvalue weighted by molar-refractivity contribution is 0.102. The number of sulfonamides is 1. The number of aryl methyl sites for hydroxylation is 3. The molecule has 1 aromatic heterocycles. The molecule has 0 saturated heterocycles. The number of anilines is 2. The van der Waals surface area contributed by atoms with Crippen LogP contribution >= 0.6 is 0 Å². The van der Waals surface area contributed by atoms with Crippen molar-refractivity contribution in [2.75, 3.05) is 10.0 Å². The van der Waals surface area contributed by atoms with Gasteiger partial charge < -0.3 is 9.73 Å². The van der Waals surface area contributed by atoms with E-state index in [9.17, 15) is 13.2 Å². The average molecular weight is 398 g/mol. The molecule has 28 heavy (non-hydrogen) atoms. The van der Waals surface area contributed by atoms with E-state index in [1.807, 2.05) is 20.8 Å². The van der Waals surface area contributed by atoms with Crippen molar-refractivity contribution in [2.24, 2.45) is 0 Å². The molecule has 0 radical (unpaired) electrons. The van der Waals surface area contributed by atoms with Crippen LogP contribution in [0.2, 0.25) is 0 Å². The van der Waals surface area contributed by atoms with Crippen molar-refractivity contribution in [3.8, 4) is 0 Å². The second kappa shape index (κ2) is 7.52. The predicted molar refractivity (Wildman–Crippen MR) is 109 cm³/mol. The Morgan fingerprint density at radius 3 is 1.93 bits per heavy atom. The minimum absolute atomic E-state index is 0.191. The summed E-state index contributed by atoms with van der Waals surface area (Å²) >= 11 is 0. The Morgan fingerprint density at radius 1 is 0.821 bits per heavy atom. The van der Waals surface area contributed by atoms with E-state index in [1.54, 1.807) is 55.5 Å². The van der Waals surface area contributed by atoms with Crippen molar-refractivity contribution in [3.63, 3.8) is 0 Å². The Balaban J connectivity index is 1.73. The zero-order valence-corrected chi connectivity index (χ0v) is 17.0. The summed E-state index contributed by atoms with van der Waals surface area (Å²) in [6, 6.07) is 13.1. The minimum atomic E-state index is -3.67. The molecule has 0 fully saturated rings. The Labute approximate surface area is 164 Å². The topological polar surface area (TPSA) is 88.4 Å². The molecule has 0 aliphatic carbocycles. The number of amides is 1. The molecule has 0 unspecified atom stereocenters. The average Bonchev–Trinajstić information content (AvgIpc) is 2.89. The van der Waals surface area contributed by atoms with E-state index < -0.39 is 10.0 Å². The first kappa shape index (κ1) is 19.7. The number of nitrogens with one attached hydrogen (secondary N) is 2. The SMILES string of the molecule is Cc1ccc(S(=O)(=O)Nc2ccc(NC(=O)c3c(C)oc(C)c3C)cc2)cc1. The normalized spacial score (nSPS) is 11.3. The quantitative estimate of drug-likeness (QED) is 0.659. The predicted octanol–water partition coefficient (Wildman–Crippen LogP) is 4.57. The number of carbonyl (C=O) groups is 1. The molecule has 146 valence electrons. The maximum Gasteiger partial charge on any atom is 0.261 e. The molecular formula is C21H22N2O4S. The van der Waals surface area contributed by atoms with Crippen molar-refractivity contribution >= 4 is 27.3 Å². The van der Waals surface area contributed by atoms with Crippen LogP contribution in [0.4, 0.5) is 11.4 Å². The second-order valence-electron chi connectivity index (χ2n) is 6.66. The van der Waals surface area contributed by atoms with Crippen molar-refractivity contribution in [1.82, 2.24) is 0 Å². The van der Waals surface area contributed by atoms with Gasteiger partial charge in [-0.25, -0.2) is 8.42 Å². The molecule has 2 aromatic carbocycles. The molecule has 0 aliphatic rings. The molecule has 6 nitrogen and oxygen atoms in total. The highest BCUT2D eigenvalue weighted by Crippen LogP contribution is 2.23. The molecule has 3 rings (SSSR count). The molecular weight excluding hydrogens is 376 g/mol. The number of furan rings is 1. The van der Waals surface area contributed by atoms with E-state index in [1.165, 1.54) is 0 Å². The third-order valence-electron chi connectivity index (χ3n) is 4.51. The number of carbonyl (C=O) groups excluding carboxylic acids is 1. The molecule has 3 aromatic rings. The fourth-order valence-electron chi connectivity index (χ4n) is 2.87. The van der Waals surface area contributed by atoms with Crippen LogP contribution in [0.15, 0.2) is 57.8 Å². The van der Waals surface area contributed by atoms with Gasteiger partial charge in [-0.15, -0.1) is 0 Å². The maximum atomic E-state index is 12.5. The number of hydrogen-bond donors (Lipinski definition) is 2. The summed E-state index contributed by atoms with van der Waals surface area (Å²) in [4.78, 5) is 12.7. The van der Waals surface area contributed by atoms with Crippen molar-refractivity contribution in [1.29, 1.82) is 0 Å². The van der Waals surface area contributed by atoms with Gasteiger partial charge in [0.25, 0.3) is 15.9 Å². The fraction of sp³-hybridized carbons (Fsp3) is 0.190. The van der Waals surface area contributed by atoms with Gasteiger partial charge in [-0.3, -0.25) is 9.52 Å². The summed E-state index contributed by atoms with van der Waals surface area (Å²) in [7, 11) is -3.67. The standard InChI is InChI=1S/C21H22N2O4S/c1-13-5-11-19(12-6-13)28(25,26)23-18-9-7-17(8-10-18)22-21(24)20-14(2)15(3)27-16(20)4/h5-12,23H,1-4H3,(H,22,24). The number of rotatable bonds is 5. The lowest BCUT2D eigenvalue weighted by atomic mass is 10.1. The highest BCUT2D eigenvalue weighted by atomic mass is 32.2. The van der Waals surface area contributed by atoms with Crippen LogP contribution in [0.3, 0.4) is 0 Å². The molecule has 0 bridgehead atoms. The third-order valence-corrected chi connectivity index (χ3v) is 5.91. The summed E-state index contributed by atoms with van der Waals surface area (Å²) in [5.41, 5.74) is 3.27. The van der Waals surface area contributed by atoms with Gasteiger partial charge in [0.15, 0.2) is 0 Å². The van der Waals surface area contributed by atoms with Gasteiger partial charge in [0, 0.05) is 16.9 Å². The molecule has 1 amide bonds. The minimum Gasteiger partial charge on any atom is -0.466 e. The lowest BCUT2D eigenvalue weighted by Gasteiger charge is -2.10. The zero-order chi connectivity index (χ0) is 20.5. The van der Waals surface area contributed by atoms with Crippen molar-refractivity contribution in [2.45, 2.75) is 32.6 Å². The van der Waals surface area contributed by atoms with Crippen LogP contribution < -0.4 is 10.0 Å². The Morgan fingerprint density at radius 2 is 1.39 bits per heavy atom. The Kier molecular flexibility index (Phi) is 5.29. The fourth-order valence-corrected chi connectivity index (χ4v) is 3.93. The monoisotopic (exact) mass is 398 g/mol. The maximum absolute atomic E-state index is 12.5. The third kappa shape index (κ3) is 4.09. The van der Waals surface area contributed by atoms with E-state index in [0.717, 1.165) is 11.1 Å². The second-order valence-corrected chi connectivity index (χ2v) is 8.35. The van der Waals surface area contributed by atoms with Crippen LogP contribution in [-0.4, -0.2) is 14.3 Å². The molecule has 2 N–H and O–H groups in total. The highest BCUT2D eigenvalue weighted by Gasteiger charge is 2.19. The smallest absolute Gasteiger partial charge is 0.261 e. The molecule has 0 spiro atoms. The number of benzene rings is 2. The van der Waals surface area contributed by atoms with E-state index >= 15 is 0 Å². The highest BCUT2D eigenvalue weighted by molar-refractivity contribution is 7.92. The summed E-state index contributed by atoms with van der Waals surface area (Å²) in [6.07, 6.45) is 0. The van der Waals surface area contributed by atoms with Crippen molar-refractivity contribution in [3.05, 3.63) is 76.7 Å². The zero-order valence-electron chi connectivity index (χ0n) is 16.2. The first-order valence-electron chi connectivity index (χ1n) is 8.75. The Hall–Kier alpha value is -3.06. The number of hydrogen-bond acceptors (Lipinski definition) is 4. The molecule has 0 saturated carbocycles. The Bertz CT molecular complexity index is 1110. The van der Waals surface area contributed by atoms with Crippen LogP contribution in [0, 0.1) is 27.7 Å². The van der Waals surface area contributed by atoms with Gasteiger partial charge in [-0.2, -0.15) is 0 Å². The lowest BCUT2D eigenvalue weighted by Crippen LogP contribution is -2.14. The van der Waals surface area contributed by atoms with Gasteiger partial charge in [0.1, 0.15) is 11.5 Å². The summed E-state index contributed by atoms with van der Waals surface area (Å²) in [5.74, 6) is 1.01. The van der Waals surface area contributed by atoms with Gasteiger partial charge >= 0.3 is 0 Å². The summed E-state index contributed by atoms with van der Waals surface area (Å²) in [6.45, 7) is 7.29. The van der Waals surface area contributed by atoms with Crippen LogP contribution in [0.1, 0.15) is 33.0 Å².